The van der Waals surface area contributed by atoms with Gasteiger partial charge in [-0.2, -0.15) is 0 Å². The van der Waals surface area contributed by atoms with Crippen LogP contribution in [0.1, 0.15) is 13.8 Å². The van der Waals surface area contributed by atoms with Crippen molar-refractivity contribution in [1.29, 1.82) is 0 Å². The molecular weight excluding hydrogens is 144 g/mol. The zero-order chi connectivity index (χ0) is 8.70. The number of hydrogen-bond donors (Lipinski definition) is 2. The smallest absolute Gasteiger partial charge is 0.258 e. The van der Waals surface area contributed by atoms with Crippen molar-refractivity contribution in [3.8, 4) is 12.3 Å². The van der Waals surface area contributed by atoms with Crippen molar-refractivity contribution < 1.29 is 14.9 Å². The summed E-state index contributed by atoms with van der Waals surface area (Å²) in [6.07, 6.45) is 3.98. The van der Waals surface area contributed by atoms with Crippen molar-refractivity contribution in [3.05, 3.63) is 0 Å². The summed E-state index contributed by atoms with van der Waals surface area (Å²) in [6, 6.07) is 0. The van der Waals surface area contributed by atoms with E-state index in [1.54, 1.807) is 13.8 Å². The lowest BCUT2D eigenvalue weighted by molar-refractivity contribution is -0.171. The van der Waals surface area contributed by atoms with Gasteiger partial charge in [0.15, 0.2) is 0 Å². The molecule has 3 heteroatoms. The maximum absolute atomic E-state index is 9.46. The third kappa shape index (κ3) is 1.14. The standard InChI is InChI=1S/C8H12O3/c1-4-8(10)6(9)7(2,3)5-11-8/h1,6,9-10H,5H2,2-3H3/t6-,8?/m1/s1. The fourth-order valence-electron chi connectivity index (χ4n) is 1.10. The third-order valence-corrected chi connectivity index (χ3v) is 1.98. The maximum atomic E-state index is 9.46. The van der Waals surface area contributed by atoms with E-state index in [1.807, 2.05) is 5.92 Å². The number of terminal acetylenes is 1. The lowest BCUT2D eigenvalue weighted by Gasteiger charge is -2.24. The summed E-state index contributed by atoms with van der Waals surface area (Å²) in [5.74, 6) is 0.241. The minimum atomic E-state index is -1.79. The van der Waals surface area contributed by atoms with Gasteiger partial charge in [-0.3, -0.25) is 0 Å². The molecule has 11 heavy (non-hydrogen) atoms. The Morgan fingerprint density at radius 1 is 1.64 bits per heavy atom. The largest absolute Gasteiger partial charge is 0.386 e. The topological polar surface area (TPSA) is 49.7 Å². The first-order chi connectivity index (χ1) is 4.92. The number of rotatable bonds is 0. The Hall–Kier alpha value is -0.560. The Morgan fingerprint density at radius 3 is 2.36 bits per heavy atom. The van der Waals surface area contributed by atoms with Gasteiger partial charge in [-0.15, -0.1) is 6.42 Å². The van der Waals surface area contributed by atoms with Crippen molar-refractivity contribution in [2.45, 2.75) is 25.7 Å². The molecule has 1 saturated heterocycles. The highest BCUT2D eigenvalue weighted by Gasteiger charge is 2.51. The molecule has 1 fully saturated rings. The van der Waals surface area contributed by atoms with Crippen molar-refractivity contribution in [2.75, 3.05) is 6.61 Å². The molecule has 0 aromatic rings. The predicted molar refractivity (Wildman–Crippen MR) is 39.5 cm³/mol. The summed E-state index contributed by atoms with van der Waals surface area (Å²) in [5.41, 5.74) is -0.471. The zero-order valence-electron chi connectivity index (χ0n) is 6.66. The van der Waals surface area contributed by atoms with Gasteiger partial charge in [-0.05, 0) is 5.92 Å². The van der Waals surface area contributed by atoms with Crippen LogP contribution in [0.5, 0.6) is 0 Å². The SMILES string of the molecule is C#CC1(O)OCC(C)(C)[C@H]1O. The van der Waals surface area contributed by atoms with Crippen LogP contribution in [-0.4, -0.2) is 28.7 Å². The predicted octanol–water partition coefficient (Wildman–Crippen LogP) is -0.274. The Morgan fingerprint density at radius 2 is 2.18 bits per heavy atom. The van der Waals surface area contributed by atoms with Gasteiger partial charge in [-0.1, -0.05) is 13.8 Å². The molecule has 0 radical (unpaired) electrons. The Kier molecular flexibility index (Phi) is 1.72. The molecule has 2 atom stereocenters. The number of aliphatic hydroxyl groups excluding tert-OH is 1. The second-order valence-electron chi connectivity index (χ2n) is 3.52. The fraction of sp³-hybridized carbons (Fsp3) is 0.750. The van der Waals surface area contributed by atoms with Crippen LogP contribution in [0.3, 0.4) is 0 Å². The number of aliphatic hydroxyl groups is 2. The van der Waals surface area contributed by atoms with Gasteiger partial charge < -0.3 is 14.9 Å². The molecule has 0 aromatic carbocycles. The van der Waals surface area contributed by atoms with E-state index in [2.05, 4.69) is 0 Å². The summed E-state index contributed by atoms with van der Waals surface area (Å²) in [5, 5.41) is 18.9. The highest BCUT2D eigenvalue weighted by molar-refractivity contribution is 5.12. The van der Waals surface area contributed by atoms with Gasteiger partial charge in [0.25, 0.3) is 5.79 Å². The van der Waals surface area contributed by atoms with Crippen molar-refractivity contribution >= 4 is 0 Å². The Bertz CT molecular complexity index is 204. The minimum Gasteiger partial charge on any atom is -0.386 e. The average Bonchev–Trinajstić information content (AvgIpc) is 2.16. The van der Waals surface area contributed by atoms with E-state index in [1.165, 1.54) is 0 Å². The molecule has 1 aliphatic rings. The molecule has 0 amide bonds. The molecule has 0 aliphatic carbocycles. The highest BCUT2D eigenvalue weighted by Crippen LogP contribution is 2.36. The van der Waals surface area contributed by atoms with Gasteiger partial charge in [0.2, 0.25) is 0 Å². The van der Waals surface area contributed by atoms with Crippen molar-refractivity contribution in [1.82, 2.24) is 0 Å². The third-order valence-electron chi connectivity index (χ3n) is 1.98. The van der Waals surface area contributed by atoms with Gasteiger partial charge in [0, 0.05) is 5.41 Å². The minimum absolute atomic E-state index is 0.273. The molecule has 1 aliphatic heterocycles. The second-order valence-corrected chi connectivity index (χ2v) is 3.52. The van der Waals surface area contributed by atoms with E-state index in [-0.39, 0.29) is 6.61 Å². The monoisotopic (exact) mass is 156 g/mol. The van der Waals surface area contributed by atoms with E-state index in [0.29, 0.717) is 0 Å². The Balaban J connectivity index is 2.89. The van der Waals surface area contributed by atoms with Crippen molar-refractivity contribution in [3.63, 3.8) is 0 Å². The molecule has 0 bridgehead atoms. The zero-order valence-corrected chi connectivity index (χ0v) is 6.66. The maximum Gasteiger partial charge on any atom is 0.258 e. The van der Waals surface area contributed by atoms with E-state index in [9.17, 15) is 10.2 Å². The summed E-state index contributed by atoms with van der Waals surface area (Å²) in [6.45, 7) is 3.84. The summed E-state index contributed by atoms with van der Waals surface area (Å²) >= 11 is 0. The lowest BCUT2D eigenvalue weighted by atomic mass is 9.86. The van der Waals surface area contributed by atoms with Crippen LogP contribution < -0.4 is 0 Å². The molecule has 0 spiro atoms. The first-order valence-corrected chi connectivity index (χ1v) is 3.44. The average molecular weight is 156 g/mol. The summed E-state index contributed by atoms with van der Waals surface area (Å²) < 4.78 is 4.89. The molecule has 1 heterocycles. The fourth-order valence-corrected chi connectivity index (χ4v) is 1.10. The quantitative estimate of drug-likeness (QED) is 0.474. The molecule has 1 rings (SSSR count). The Labute approximate surface area is 66.0 Å². The van der Waals surface area contributed by atoms with Gasteiger partial charge in [0.1, 0.15) is 6.10 Å². The normalized spacial score (nSPS) is 41.9. The molecule has 62 valence electrons. The van der Waals surface area contributed by atoms with Gasteiger partial charge >= 0.3 is 0 Å². The highest BCUT2D eigenvalue weighted by atomic mass is 16.6. The number of hydrogen-bond acceptors (Lipinski definition) is 3. The van der Waals surface area contributed by atoms with E-state index in [0.717, 1.165) is 0 Å². The summed E-state index contributed by atoms with van der Waals surface area (Å²) in [4.78, 5) is 0. The molecule has 0 aromatic heterocycles. The van der Waals surface area contributed by atoms with E-state index >= 15 is 0 Å². The lowest BCUT2D eigenvalue weighted by Crippen LogP contribution is -2.42. The van der Waals surface area contributed by atoms with Gasteiger partial charge in [-0.25, -0.2) is 0 Å². The van der Waals surface area contributed by atoms with Crippen LogP contribution in [0.4, 0.5) is 0 Å². The van der Waals surface area contributed by atoms with Crippen LogP contribution in [0.25, 0.3) is 0 Å². The summed E-state index contributed by atoms with van der Waals surface area (Å²) in [7, 11) is 0. The first kappa shape index (κ1) is 8.54. The van der Waals surface area contributed by atoms with E-state index in [4.69, 9.17) is 11.2 Å². The van der Waals surface area contributed by atoms with Gasteiger partial charge in [0.05, 0.1) is 6.61 Å². The van der Waals surface area contributed by atoms with Crippen LogP contribution in [0, 0.1) is 17.8 Å². The van der Waals surface area contributed by atoms with Crippen LogP contribution in [0.2, 0.25) is 0 Å². The van der Waals surface area contributed by atoms with Crippen LogP contribution in [-0.2, 0) is 4.74 Å². The first-order valence-electron chi connectivity index (χ1n) is 3.44. The molecular formula is C8H12O3. The van der Waals surface area contributed by atoms with Crippen LogP contribution >= 0.6 is 0 Å². The molecule has 3 nitrogen and oxygen atoms in total. The van der Waals surface area contributed by atoms with Crippen molar-refractivity contribution in [2.24, 2.45) is 5.41 Å². The number of ether oxygens (including phenoxy) is 1. The van der Waals surface area contributed by atoms with Crippen LogP contribution in [0.15, 0.2) is 0 Å². The second kappa shape index (κ2) is 2.21. The molecule has 2 N–H and O–H groups in total. The molecule has 0 saturated carbocycles. The molecule has 1 unspecified atom stereocenters. The van der Waals surface area contributed by atoms with E-state index < -0.39 is 17.3 Å².